The lowest BCUT2D eigenvalue weighted by molar-refractivity contribution is 0.251. The van der Waals surface area contributed by atoms with Crippen LogP contribution in [-0.2, 0) is 0 Å². The van der Waals surface area contributed by atoms with Gasteiger partial charge in [0.2, 0.25) is 0 Å². The Kier molecular flexibility index (Phi) is 5.58. The van der Waals surface area contributed by atoms with Gasteiger partial charge in [-0.15, -0.1) is 5.10 Å². The second kappa shape index (κ2) is 8.24. The molecular formula is C19H22N6O. The van der Waals surface area contributed by atoms with Crippen molar-refractivity contribution in [1.82, 2.24) is 25.5 Å². The molecule has 3 aromatic rings. The molecule has 134 valence electrons. The monoisotopic (exact) mass is 350 g/mol. The molecule has 1 aromatic heterocycles. The van der Waals surface area contributed by atoms with E-state index in [1.54, 1.807) is 4.68 Å². The first-order valence-corrected chi connectivity index (χ1v) is 8.62. The lowest BCUT2D eigenvalue weighted by atomic mass is 9.97. The van der Waals surface area contributed by atoms with Gasteiger partial charge in [0, 0.05) is 18.2 Å². The van der Waals surface area contributed by atoms with Gasteiger partial charge in [-0.1, -0.05) is 43.3 Å². The average Bonchev–Trinajstić information content (AvgIpc) is 3.09. The van der Waals surface area contributed by atoms with Crippen molar-refractivity contribution in [3.63, 3.8) is 0 Å². The normalized spacial score (nSPS) is 11.8. The maximum Gasteiger partial charge on any atom is 0.319 e. The lowest BCUT2D eigenvalue weighted by Gasteiger charge is -2.16. The highest BCUT2D eigenvalue weighted by molar-refractivity contribution is 5.89. The van der Waals surface area contributed by atoms with Gasteiger partial charge in [-0.2, -0.15) is 4.68 Å². The fraction of sp³-hybridized carbons (Fsp3) is 0.263. The average molecular weight is 350 g/mol. The number of benzene rings is 2. The Morgan fingerprint density at radius 1 is 1.15 bits per heavy atom. The van der Waals surface area contributed by atoms with E-state index in [-0.39, 0.29) is 11.9 Å². The summed E-state index contributed by atoms with van der Waals surface area (Å²) in [5.74, 6) is 0.970. The highest BCUT2D eigenvalue weighted by Crippen LogP contribution is 2.18. The van der Waals surface area contributed by atoms with Gasteiger partial charge in [-0.25, -0.2) is 4.79 Å². The standard InChI is InChI=1S/C19H22N6O/c1-3-15(16-8-5-4-6-9-16)13-20-19(26)21-17-10-7-11-18(12-17)25-14(2)22-23-24-25/h4-12,15H,3,13H2,1-2H3,(H2,20,21,26). The summed E-state index contributed by atoms with van der Waals surface area (Å²) in [6.07, 6.45) is 0.957. The van der Waals surface area contributed by atoms with Gasteiger partial charge in [-0.05, 0) is 47.5 Å². The first kappa shape index (κ1) is 17.6. The third-order valence-electron chi connectivity index (χ3n) is 4.25. The molecule has 2 amide bonds. The van der Waals surface area contributed by atoms with Crippen molar-refractivity contribution in [1.29, 1.82) is 0 Å². The highest BCUT2D eigenvalue weighted by atomic mass is 16.2. The molecule has 1 unspecified atom stereocenters. The van der Waals surface area contributed by atoms with Crippen molar-refractivity contribution >= 4 is 11.7 Å². The number of tetrazole rings is 1. The van der Waals surface area contributed by atoms with E-state index in [9.17, 15) is 4.79 Å². The number of carbonyl (C=O) groups is 1. The fourth-order valence-corrected chi connectivity index (χ4v) is 2.80. The van der Waals surface area contributed by atoms with Crippen molar-refractivity contribution < 1.29 is 4.79 Å². The minimum atomic E-state index is -0.232. The smallest absolute Gasteiger partial charge is 0.319 e. The SMILES string of the molecule is CCC(CNC(=O)Nc1cccc(-n2nnnc2C)c1)c1ccccc1. The molecule has 26 heavy (non-hydrogen) atoms. The van der Waals surface area contributed by atoms with Crippen LogP contribution in [-0.4, -0.2) is 32.8 Å². The Morgan fingerprint density at radius 3 is 2.65 bits per heavy atom. The van der Waals surface area contributed by atoms with E-state index in [2.05, 4.69) is 45.2 Å². The number of nitrogens with zero attached hydrogens (tertiary/aromatic N) is 4. The summed E-state index contributed by atoms with van der Waals surface area (Å²) in [5.41, 5.74) is 2.70. The van der Waals surface area contributed by atoms with Crippen LogP contribution in [0.25, 0.3) is 5.69 Å². The molecule has 0 radical (unpaired) electrons. The quantitative estimate of drug-likeness (QED) is 0.714. The minimum absolute atomic E-state index is 0.232. The third kappa shape index (κ3) is 4.24. The van der Waals surface area contributed by atoms with Crippen LogP contribution >= 0.6 is 0 Å². The number of amides is 2. The first-order valence-electron chi connectivity index (χ1n) is 8.62. The number of aryl methyl sites for hydroxylation is 1. The zero-order valence-corrected chi connectivity index (χ0v) is 14.9. The molecule has 0 aliphatic heterocycles. The number of urea groups is 1. The molecule has 0 spiro atoms. The summed E-state index contributed by atoms with van der Waals surface area (Å²) in [6, 6.07) is 17.4. The predicted octanol–water partition coefficient (Wildman–Crippen LogP) is 3.29. The molecule has 3 rings (SSSR count). The van der Waals surface area contributed by atoms with Crippen LogP contribution < -0.4 is 10.6 Å². The summed E-state index contributed by atoms with van der Waals surface area (Å²) in [6.45, 7) is 4.52. The van der Waals surface area contributed by atoms with Gasteiger partial charge >= 0.3 is 6.03 Å². The van der Waals surface area contributed by atoms with Gasteiger partial charge in [0.25, 0.3) is 0 Å². The van der Waals surface area contributed by atoms with E-state index in [0.29, 0.717) is 18.1 Å². The zero-order chi connectivity index (χ0) is 18.4. The van der Waals surface area contributed by atoms with Crippen LogP contribution in [0.15, 0.2) is 54.6 Å². The molecule has 0 saturated heterocycles. The molecule has 0 bridgehead atoms. The van der Waals surface area contributed by atoms with Crippen molar-refractivity contribution in [3.8, 4) is 5.69 Å². The van der Waals surface area contributed by atoms with E-state index in [0.717, 1.165) is 12.1 Å². The van der Waals surface area contributed by atoms with Crippen LogP contribution in [0.4, 0.5) is 10.5 Å². The molecule has 0 aliphatic carbocycles. The van der Waals surface area contributed by atoms with E-state index in [4.69, 9.17) is 0 Å². The Labute approximate surface area is 152 Å². The number of hydrogen-bond acceptors (Lipinski definition) is 4. The van der Waals surface area contributed by atoms with E-state index >= 15 is 0 Å². The molecule has 0 aliphatic rings. The summed E-state index contributed by atoms with van der Waals surface area (Å²) in [5, 5.41) is 17.3. The number of aromatic nitrogens is 4. The molecule has 2 aromatic carbocycles. The molecule has 1 atom stereocenters. The topological polar surface area (TPSA) is 84.7 Å². The summed E-state index contributed by atoms with van der Waals surface area (Å²) in [4.78, 5) is 12.3. The molecular weight excluding hydrogens is 328 g/mol. The number of hydrogen-bond donors (Lipinski definition) is 2. The van der Waals surface area contributed by atoms with Gasteiger partial charge < -0.3 is 10.6 Å². The maximum absolute atomic E-state index is 12.3. The Bertz CT molecular complexity index is 861. The highest BCUT2D eigenvalue weighted by Gasteiger charge is 2.11. The minimum Gasteiger partial charge on any atom is -0.337 e. The number of carbonyl (C=O) groups excluding carboxylic acids is 1. The summed E-state index contributed by atoms with van der Waals surface area (Å²) >= 11 is 0. The van der Waals surface area contributed by atoms with Crippen LogP contribution in [0, 0.1) is 6.92 Å². The van der Waals surface area contributed by atoms with Gasteiger partial charge in [-0.3, -0.25) is 0 Å². The Balaban J connectivity index is 1.61. The van der Waals surface area contributed by atoms with Gasteiger partial charge in [0.05, 0.1) is 5.69 Å². The number of nitrogens with one attached hydrogen (secondary N) is 2. The van der Waals surface area contributed by atoms with Crippen molar-refractivity contribution in [2.24, 2.45) is 0 Å². The largest absolute Gasteiger partial charge is 0.337 e. The number of rotatable bonds is 6. The predicted molar refractivity (Wildman–Crippen MR) is 100 cm³/mol. The van der Waals surface area contributed by atoms with E-state index in [1.165, 1.54) is 5.56 Å². The van der Waals surface area contributed by atoms with Crippen LogP contribution in [0.5, 0.6) is 0 Å². The number of anilines is 1. The molecule has 7 nitrogen and oxygen atoms in total. The first-order chi connectivity index (χ1) is 12.7. The van der Waals surface area contributed by atoms with Crippen LogP contribution in [0.3, 0.4) is 0 Å². The third-order valence-corrected chi connectivity index (χ3v) is 4.25. The fourth-order valence-electron chi connectivity index (χ4n) is 2.80. The molecule has 2 N–H and O–H groups in total. The lowest BCUT2D eigenvalue weighted by Crippen LogP contribution is -2.32. The Hall–Kier alpha value is -3.22. The Morgan fingerprint density at radius 2 is 1.96 bits per heavy atom. The molecule has 0 saturated carbocycles. The summed E-state index contributed by atoms with van der Waals surface area (Å²) < 4.78 is 1.62. The van der Waals surface area contributed by atoms with Crippen LogP contribution in [0.1, 0.15) is 30.7 Å². The summed E-state index contributed by atoms with van der Waals surface area (Å²) in [7, 11) is 0. The zero-order valence-electron chi connectivity index (χ0n) is 14.9. The van der Waals surface area contributed by atoms with Crippen molar-refractivity contribution in [3.05, 3.63) is 66.0 Å². The molecule has 1 heterocycles. The van der Waals surface area contributed by atoms with E-state index < -0.39 is 0 Å². The van der Waals surface area contributed by atoms with Crippen LogP contribution in [0.2, 0.25) is 0 Å². The second-order valence-corrected chi connectivity index (χ2v) is 6.04. The van der Waals surface area contributed by atoms with Crippen molar-refractivity contribution in [2.45, 2.75) is 26.2 Å². The molecule has 7 heteroatoms. The van der Waals surface area contributed by atoms with E-state index in [1.807, 2.05) is 49.4 Å². The van der Waals surface area contributed by atoms with Gasteiger partial charge in [0.15, 0.2) is 5.82 Å². The maximum atomic E-state index is 12.3. The van der Waals surface area contributed by atoms with Crippen molar-refractivity contribution in [2.75, 3.05) is 11.9 Å². The van der Waals surface area contributed by atoms with Gasteiger partial charge in [0.1, 0.15) is 0 Å². The second-order valence-electron chi connectivity index (χ2n) is 6.04. The molecule has 0 fully saturated rings.